The maximum absolute atomic E-state index is 10.4. The monoisotopic (exact) mass is 268 g/mol. The van der Waals surface area contributed by atoms with Gasteiger partial charge in [-0.05, 0) is 12.3 Å². The van der Waals surface area contributed by atoms with Gasteiger partial charge in [-0.3, -0.25) is 4.79 Å². The van der Waals surface area contributed by atoms with Crippen LogP contribution in [0.1, 0.15) is 37.5 Å². The summed E-state index contributed by atoms with van der Waals surface area (Å²) in [5.41, 5.74) is 0. The molecule has 0 fully saturated rings. The van der Waals surface area contributed by atoms with E-state index in [0.29, 0.717) is 18.8 Å². The van der Waals surface area contributed by atoms with Gasteiger partial charge in [0.1, 0.15) is 5.01 Å². The van der Waals surface area contributed by atoms with Crippen LogP contribution in [0.25, 0.3) is 4.96 Å². The maximum atomic E-state index is 10.4. The minimum absolute atomic E-state index is 0.180. The molecule has 0 radical (unpaired) electrons. The van der Waals surface area contributed by atoms with E-state index in [1.165, 1.54) is 11.3 Å². The average molecular weight is 268 g/mol. The molecule has 7 heteroatoms. The molecule has 0 atom stereocenters. The topological polar surface area (TPSA) is 80.4 Å². The number of aromatic nitrogens is 4. The van der Waals surface area contributed by atoms with Gasteiger partial charge in [-0.25, -0.2) is 0 Å². The molecule has 0 aliphatic heterocycles. The smallest absolute Gasteiger partial charge is 0.303 e. The van der Waals surface area contributed by atoms with Crippen LogP contribution in [0.4, 0.5) is 0 Å². The van der Waals surface area contributed by atoms with Crippen LogP contribution in [-0.4, -0.2) is 30.9 Å². The predicted molar refractivity (Wildman–Crippen MR) is 67.8 cm³/mol. The Bertz CT molecular complexity index is 546. The van der Waals surface area contributed by atoms with Crippen LogP contribution in [0.3, 0.4) is 0 Å². The molecule has 6 nitrogen and oxygen atoms in total. The summed E-state index contributed by atoms with van der Waals surface area (Å²) in [5.74, 6) is 0.619. The van der Waals surface area contributed by atoms with Crippen molar-refractivity contribution in [2.24, 2.45) is 5.92 Å². The Labute approximate surface area is 109 Å². The Kier molecular flexibility index (Phi) is 3.90. The zero-order valence-corrected chi connectivity index (χ0v) is 11.3. The summed E-state index contributed by atoms with van der Waals surface area (Å²) in [5, 5.41) is 22.2. The summed E-state index contributed by atoms with van der Waals surface area (Å²) < 4.78 is 1.78. The summed E-state index contributed by atoms with van der Waals surface area (Å²) in [6.45, 7) is 4.25. The van der Waals surface area contributed by atoms with Crippen molar-refractivity contribution in [3.8, 4) is 0 Å². The van der Waals surface area contributed by atoms with E-state index in [4.69, 9.17) is 5.11 Å². The molecule has 0 spiro atoms. The molecule has 18 heavy (non-hydrogen) atoms. The lowest BCUT2D eigenvalue weighted by Gasteiger charge is -1.99. The molecule has 0 aliphatic carbocycles. The summed E-state index contributed by atoms with van der Waals surface area (Å²) in [6, 6.07) is 0. The summed E-state index contributed by atoms with van der Waals surface area (Å²) in [6.07, 6.45) is 2.32. The van der Waals surface area contributed by atoms with Gasteiger partial charge in [0.2, 0.25) is 4.96 Å². The van der Waals surface area contributed by atoms with Gasteiger partial charge >= 0.3 is 5.97 Å². The lowest BCUT2D eigenvalue weighted by atomic mass is 10.1. The highest BCUT2D eigenvalue weighted by molar-refractivity contribution is 7.16. The number of aryl methyl sites for hydroxylation is 1. The first-order valence-electron chi connectivity index (χ1n) is 5.98. The third kappa shape index (κ3) is 3.04. The standard InChI is InChI=1S/C11H16N4O2S/c1-7(2)6-8-12-13-11-15(8)14-9(18-11)4-3-5-10(16)17/h7H,3-6H2,1-2H3,(H,16,17). The fourth-order valence-corrected chi connectivity index (χ4v) is 2.58. The van der Waals surface area contributed by atoms with E-state index in [9.17, 15) is 4.79 Å². The zero-order valence-electron chi connectivity index (χ0n) is 10.5. The number of carbonyl (C=O) groups is 1. The Morgan fingerprint density at radius 3 is 2.89 bits per heavy atom. The van der Waals surface area contributed by atoms with Gasteiger partial charge in [0.05, 0.1) is 0 Å². The Morgan fingerprint density at radius 2 is 2.22 bits per heavy atom. The highest BCUT2D eigenvalue weighted by Crippen LogP contribution is 2.17. The fraction of sp³-hybridized carbons (Fsp3) is 0.636. The van der Waals surface area contributed by atoms with E-state index in [2.05, 4.69) is 29.1 Å². The van der Waals surface area contributed by atoms with Crippen molar-refractivity contribution in [3.05, 3.63) is 10.8 Å². The van der Waals surface area contributed by atoms with E-state index < -0.39 is 5.97 Å². The van der Waals surface area contributed by atoms with Crippen molar-refractivity contribution < 1.29 is 9.90 Å². The molecule has 98 valence electrons. The van der Waals surface area contributed by atoms with E-state index >= 15 is 0 Å². The van der Waals surface area contributed by atoms with Crippen LogP contribution in [0.2, 0.25) is 0 Å². The number of aliphatic carboxylic acids is 1. The summed E-state index contributed by atoms with van der Waals surface area (Å²) in [4.78, 5) is 11.2. The van der Waals surface area contributed by atoms with Gasteiger partial charge < -0.3 is 5.11 Å². The molecule has 2 heterocycles. The lowest BCUT2D eigenvalue weighted by Crippen LogP contribution is -2.02. The van der Waals surface area contributed by atoms with Gasteiger partial charge in [-0.2, -0.15) is 9.61 Å². The molecule has 0 aliphatic rings. The van der Waals surface area contributed by atoms with Crippen molar-refractivity contribution in [1.82, 2.24) is 19.8 Å². The van der Waals surface area contributed by atoms with Crippen molar-refractivity contribution in [2.45, 2.75) is 39.5 Å². The van der Waals surface area contributed by atoms with Crippen LogP contribution in [0.5, 0.6) is 0 Å². The lowest BCUT2D eigenvalue weighted by molar-refractivity contribution is -0.137. The van der Waals surface area contributed by atoms with Gasteiger partial charge in [0, 0.05) is 19.3 Å². The Balaban J connectivity index is 2.07. The number of fused-ring (bicyclic) bond motifs is 1. The van der Waals surface area contributed by atoms with Gasteiger partial charge in [-0.15, -0.1) is 10.2 Å². The molecule has 0 unspecified atom stereocenters. The Hall–Kier alpha value is -1.50. The number of hydrogen-bond acceptors (Lipinski definition) is 5. The van der Waals surface area contributed by atoms with Crippen molar-refractivity contribution >= 4 is 22.3 Å². The van der Waals surface area contributed by atoms with Gasteiger partial charge in [0.25, 0.3) is 0 Å². The first kappa shape index (κ1) is 12.9. The fourth-order valence-electron chi connectivity index (χ4n) is 1.68. The number of hydrogen-bond donors (Lipinski definition) is 1. The largest absolute Gasteiger partial charge is 0.481 e. The SMILES string of the molecule is CC(C)Cc1nnc2sc(CCCC(=O)O)nn12. The van der Waals surface area contributed by atoms with E-state index in [1.54, 1.807) is 4.52 Å². The Morgan fingerprint density at radius 1 is 1.44 bits per heavy atom. The molecule has 0 amide bonds. The number of carboxylic acids is 1. The van der Waals surface area contributed by atoms with E-state index in [1.807, 2.05) is 0 Å². The number of nitrogens with zero attached hydrogens (tertiary/aromatic N) is 4. The predicted octanol–water partition coefficient (Wildman–Crippen LogP) is 1.79. The van der Waals surface area contributed by atoms with Crippen LogP contribution in [-0.2, 0) is 17.6 Å². The molecule has 0 saturated heterocycles. The van der Waals surface area contributed by atoms with Crippen LogP contribution < -0.4 is 0 Å². The third-order valence-electron chi connectivity index (χ3n) is 2.47. The average Bonchev–Trinajstić information content (AvgIpc) is 2.79. The van der Waals surface area contributed by atoms with E-state index in [0.717, 1.165) is 22.2 Å². The molecular formula is C11H16N4O2S. The van der Waals surface area contributed by atoms with Crippen LogP contribution >= 0.6 is 11.3 Å². The maximum Gasteiger partial charge on any atom is 0.303 e. The number of rotatable bonds is 6. The van der Waals surface area contributed by atoms with Crippen molar-refractivity contribution in [1.29, 1.82) is 0 Å². The first-order valence-corrected chi connectivity index (χ1v) is 6.79. The highest BCUT2D eigenvalue weighted by atomic mass is 32.1. The summed E-state index contributed by atoms with van der Waals surface area (Å²) >= 11 is 1.48. The summed E-state index contributed by atoms with van der Waals surface area (Å²) in [7, 11) is 0. The second-order valence-electron chi connectivity index (χ2n) is 4.65. The van der Waals surface area contributed by atoms with Gasteiger partial charge in [0.15, 0.2) is 5.82 Å². The van der Waals surface area contributed by atoms with Crippen LogP contribution in [0.15, 0.2) is 0 Å². The minimum Gasteiger partial charge on any atom is -0.481 e. The molecule has 2 aromatic rings. The first-order chi connectivity index (χ1) is 8.56. The molecule has 1 N–H and O–H groups in total. The molecule has 2 aromatic heterocycles. The molecule has 0 saturated carbocycles. The normalized spacial score (nSPS) is 11.5. The van der Waals surface area contributed by atoms with Crippen molar-refractivity contribution in [3.63, 3.8) is 0 Å². The second-order valence-corrected chi connectivity index (χ2v) is 5.69. The quantitative estimate of drug-likeness (QED) is 0.864. The zero-order chi connectivity index (χ0) is 13.1. The molecule has 2 rings (SSSR count). The minimum atomic E-state index is -0.765. The number of carboxylic acid groups (broad SMARTS) is 1. The van der Waals surface area contributed by atoms with Crippen molar-refractivity contribution in [2.75, 3.05) is 0 Å². The third-order valence-corrected chi connectivity index (χ3v) is 3.43. The van der Waals surface area contributed by atoms with Crippen LogP contribution in [0, 0.1) is 5.92 Å². The van der Waals surface area contributed by atoms with E-state index in [-0.39, 0.29) is 6.42 Å². The second kappa shape index (κ2) is 5.43. The van der Waals surface area contributed by atoms with Gasteiger partial charge in [-0.1, -0.05) is 25.2 Å². The highest BCUT2D eigenvalue weighted by Gasteiger charge is 2.12. The molecule has 0 bridgehead atoms. The molecular weight excluding hydrogens is 252 g/mol. The molecule has 0 aromatic carbocycles.